The molecule has 0 fully saturated rings. The fourth-order valence-electron chi connectivity index (χ4n) is 3.05. The molecule has 3 aromatic heterocycles. The summed E-state index contributed by atoms with van der Waals surface area (Å²) in [6, 6.07) is 5.37. The molecular formula is C18H23N9O. The molecule has 0 unspecified atom stereocenters. The van der Waals surface area contributed by atoms with Crippen LogP contribution in [0.25, 0.3) is 33.8 Å². The standard InChI is InChI=1S/C17H18N8O.CH5N/c1-4-25-14(5-9(2)23-25)17-20-16(21-22-17)11-6-10(15(18)26)7-13-12(11)8-19-24(13)3;1-2/h5-8H,4H2,1-3H3,(H2,18,26)(H,20,21,22);2H2,1H3. The second-order valence-corrected chi connectivity index (χ2v) is 6.08. The summed E-state index contributed by atoms with van der Waals surface area (Å²) in [6.07, 6.45) is 1.73. The molecule has 0 aliphatic heterocycles. The maximum atomic E-state index is 11.7. The van der Waals surface area contributed by atoms with E-state index in [2.05, 4.69) is 31.1 Å². The Kier molecular flexibility index (Phi) is 5.23. The summed E-state index contributed by atoms with van der Waals surface area (Å²) < 4.78 is 3.55. The molecule has 28 heavy (non-hydrogen) atoms. The maximum absolute atomic E-state index is 11.7. The van der Waals surface area contributed by atoms with Crippen molar-refractivity contribution in [1.29, 1.82) is 0 Å². The Labute approximate surface area is 161 Å². The minimum atomic E-state index is -0.509. The first-order valence-corrected chi connectivity index (χ1v) is 8.78. The molecule has 146 valence electrons. The second-order valence-electron chi connectivity index (χ2n) is 6.08. The number of rotatable bonds is 4. The van der Waals surface area contributed by atoms with Crippen LogP contribution in [0.5, 0.6) is 0 Å². The van der Waals surface area contributed by atoms with Crippen molar-refractivity contribution in [3.63, 3.8) is 0 Å². The summed E-state index contributed by atoms with van der Waals surface area (Å²) in [5.74, 6) is 0.580. The number of nitrogens with zero attached hydrogens (tertiary/aromatic N) is 6. The zero-order chi connectivity index (χ0) is 20.4. The van der Waals surface area contributed by atoms with Crippen LogP contribution in [0.15, 0.2) is 24.4 Å². The third kappa shape index (κ3) is 3.25. The number of nitrogens with one attached hydrogen (secondary N) is 1. The number of aromatic nitrogens is 7. The molecule has 0 spiro atoms. The number of carbonyl (C=O) groups excluding carboxylic acids is 1. The summed E-state index contributed by atoms with van der Waals surface area (Å²) in [7, 11) is 3.31. The highest BCUT2D eigenvalue weighted by atomic mass is 16.1. The van der Waals surface area contributed by atoms with Gasteiger partial charge in [0.25, 0.3) is 0 Å². The molecule has 0 radical (unpaired) electrons. The number of carbonyl (C=O) groups is 1. The van der Waals surface area contributed by atoms with Gasteiger partial charge in [-0.15, -0.1) is 0 Å². The Hall–Kier alpha value is -3.53. The Bertz CT molecular complexity index is 1140. The molecule has 1 amide bonds. The monoisotopic (exact) mass is 381 g/mol. The molecule has 0 aliphatic carbocycles. The van der Waals surface area contributed by atoms with Crippen LogP contribution >= 0.6 is 0 Å². The Morgan fingerprint density at radius 2 is 2.00 bits per heavy atom. The third-order valence-electron chi connectivity index (χ3n) is 4.32. The quantitative estimate of drug-likeness (QED) is 0.484. The molecular weight excluding hydrogens is 358 g/mol. The first-order chi connectivity index (χ1) is 13.5. The van der Waals surface area contributed by atoms with Gasteiger partial charge in [0.05, 0.1) is 17.4 Å². The lowest BCUT2D eigenvalue weighted by Gasteiger charge is -2.03. The summed E-state index contributed by atoms with van der Waals surface area (Å²) in [5, 5.41) is 16.8. The highest BCUT2D eigenvalue weighted by molar-refractivity contribution is 6.02. The molecule has 0 bridgehead atoms. The van der Waals surface area contributed by atoms with Crippen LogP contribution in [-0.2, 0) is 13.6 Å². The Morgan fingerprint density at radius 1 is 1.25 bits per heavy atom. The van der Waals surface area contributed by atoms with Crippen LogP contribution in [0.4, 0.5) is 0 Å². The van der Waals surface area contributed by atoms with E-state index in [1.165, 1.54) is 7.05 Å². The fourth-order valence-corrected chi connectivity index (χ4v) is 3.05. The van der Waals surface area contributed by atoms with Crippen molar-refractivity contribution in [3.05, 3.63) is 35.7 Å². The molecule has 0 saturated heterocycles. The van der Waals surface area contributed by atoms with Crippen LogP contribution in [0, 0.1) is 6.92 Å². The van der Waals surface area contributed by atoms with Crippen molar-refractivity contribution >= 4 is 16.8 Å². The molecule has 0 aliphatic rings. The van der Waals surface area contributed by atoms with Gasteiger partial charge in [-0.3, -0.25) is 19.3 Å². The average molecular weight is 381 g/mol. The second kappa shape index (κ2) is 7.61. The molecule has 0 saturated carbocycles. The van der Waals surface area contributed by atoms with Gasteiger partial charge in [-0.2, -0.15) is 15.3 Å². The minimum absolute atomic E-state index is 0.386. The third-order valence-corrected chi connectivity index (χ3v) is 4.32. The number of primary amides is 1. The molecule has 3 heterocycles. The Morgan fingerprint density at radius 3 is 2.68 bits per heavy atom. The van der Waals surface area contributed by atoms with E-state index in [0.717, 1.165) is 28.8 Å². The first kappa shape index (κ1) is 19.2. The lowest BCUT2D eigenvalue weighted by molar-refractivity contribution is 0.100. The van der Waals surface area contributed by atoms with E-state index in [1.807, 2.05) is 31.6 Å². The predicted octanol–water partition coefficient (Wildman–Crippen LogP) is 1.22. The normalized spacial score (nSPS) is 10.8. The van der Waals surface area contributed by atoms with Gasteiger partial charge in [0, 0.05) is 30.1 Å². The number of aromatic amines is 1. The number of H-pyrrole nitrogens is 1. The van der Waals surface area contributed by atoms with E-state index < -0.39 is 5.91 Å². The van der Waals surface area contributed by atoms with Crippen molar-refractivity contribution in [3.8, 4) is 22.9 Å². The van der Waals surface area contributed by atoms with Crippen molar-refractivity contribution in [2.75, 3.05) is 7.05 Å². The number of fused-ring (bicyclic) bond motifs is 1. The van der Waals surface area contributed by atoms with Crippen molar-refractivity contribution in [2.24, 2.45) is 18.5 Å². The maximum Gasteiger partial charge on any atom is 0.248 e. The fraction of sp³-hybridized carbons (Fsp3) is 0.278. The highest BCUT2D eigenvalue weighted by Crippen LogP contribution is 2.29. The van der Waals surface area contributed by atoms with Crippen molar-refractivity contribution < 1.29 is 4.79 Å². The number of amides is 1. The molecule has 10 nitrogen and oxygen atoms in total. The SMILES string of the molecule is CCn1nc(C)cc1-c1nc(-c2cc(C(N)=O)cc3c2cnn3C)n[nH]1.CN. The summed E-state index contributed by atoms with van der Waals surface area (Å²) in [6.45, 7) is 4.67. The molecule has 10 heteroatoms. The Balaban J connectivity index is 0.00000109. The van der Waals surface area contributed by atoms with Gasteiger partial charge in [0.1, 0.15) is 5.69 Å². The topological polar surface area (TPSA) is 146 Å². The minimum Gasteiger partial charge on any atom is -0.366 e. The number of benzene rings is 1. The van der Waals surface area contributed by atoms with Gasteiger partial charge in [0.15, 0.2) is 11.6 Å². The molecule has 4 rings (SSSR count). The van der Waals surface area contributed by atoms with Gasteiger partial charge in [-0.05, 0) is 39.1 Å². The number of hydrogen-bond acceptors (Lipinski definition) is 6. The summed E-state index contributed by atoms with van der Waals surface area (Å²) >= 11 is 0. The van der Waals surface area contributed by atoms with Crippen LogP contribution in [-0.4, -0.2) is 47.7 Å². The van der Waals surface area contributed by atoms with E-state index in [0.29, 0.717) is 22.8 Å². The molecule has 0 atom stereocenters. The summed E-state index contributed by atoms with van der Waals surface area (Å²) in [5.41, 5.74) is 13.6. The van der Waals surface area contributed by atoms with E-state index >= 15 is 0 Å². The average Bonchev–Trinajstić information content (AvgIpc) is 3.41. The van der Waals surface area contributed by atoms with E-state index in [-0.39, 0.29) is 0 Å². The van der Waals surface area contributed by atoms with Crippen LogP contribution < -0.4 is 11.5 Å². The largest absolute Gasteiger partial charge is 0.366 e. The number of hydrogen-bond donors (Lipinski definition) is 3. The smallest absolute Gasteiger partial charge is 0.248 e. The zero-order valence-corrected chi connectivity index (χ0v) is 16.3. The predicted molar refractivity (Wildman–Crippen MR) is 106 cm³/mol. The van der Waals surface area contributed by atoms with E-state index in [1.54, 1.807) is 23.0 Å². The van der Waals surface area contributed by atoms with Gasteiger partial charge in [-0.25, -0.2) is 4.98 Å². The van der Waals surface area contributed by atoms with Crippen LogP contribution in [0.2, 0.25) is 0 Å². The molecule has 5 N–H and O–H groups in total. The molecule has 4 aromatic rings. The highest BCUT2D eigenvalue weighted by Gasteiger charge is 2.18. The van der Waals surface area contributed by atoms with Crippen molar-refractivity contribution in [1.82, 2.24) is 34.7 Å². The van der Waals surface area contributed by atoms with Gasteiger partial charge >= 0.3 is 0 Å². The van der Waals surface area contributed by atoms with E-state index in [9.17, 15) is 4.79 Å². The number of nitrogens with two attached hydrogens (primary N) is 2. The number of aryl methyl sites for hydroxylation is 3. The zero-order valence-electron chi connectivity index (χ0n) is 16.3. The van der Waals surface area contributed by atoms with Crippen LogP contribution in [0.1, 0.15) is 23.0 Å². The van der Waals surface area contributed by atoms with E-state index in [4.69, 9.17) is 5.73 Å². The van der Waals surface area contributed by atoms with Crippen molar-refractivity contribution in [2.45, 2.75) is 20.4 Å². The molecule has 1 aromatic carbocycles. The lowest BCUT2D eigenvalue weighted by Crippen LogP contribution is -2.11. The van der Waals surface area contributed by atoms with Gasteiger partial charge in [-0.1, -0.05) is 0 Å². The first-order valence-electron chi connectivity index (χ1n) is 8.78. The lowest BCUT2D eigenvalue weighted by atomic mass is 10.1. The van der Waals surface area contributed by atoms with Gasteiger partial charge in [0.2, 0.25) is 5.91 Å². The van der Waals surface area contributed by atoms with Crippen LogP contribution in [0.3, 0.4) is 0 Å². The summed E-state index contributed by atoms with van der Waals surface area (Å²) in [4.78, 5) is 16.3. The van der Waals surface area contributed by atoms with Gasteiger partial charge < -0.3 is 11.5 Å².